The summed E-state index contributed by atoms with van der Waals surface area (Å²) in [6.45, 7) is 4.46. The van der Waals surface area contributed by atoms with Crippen molar-refractivity contribution in [2.45, 2.75) is 44.6 Å². The zero-order chi connectivity index (χ0) is 29.5. The number of carbonyl (C=O) groups excluding carboxylic acids is 1. The summed E-state index contributed by atoms with van der Waals surface area (Å²) in [5, 5.41) is 12.8. The summed E-state index contributed by atoms with van der Waals surface area (Å²) in [5.74, 6) is 0. The molecule has 1 aliphatic heterocycles. The number of rotatable bonds is 10. The molecule has 1 aliphatic rings. The first kappa shape index (κ1) is 29.8. The van der Waals surface area contributed by atoms with Gasteiger partial charge in [-0.25, -0.2) is 9.78 Å². The lowest BCUT2D eigenvalue weighted by Crippen LogP contribution is -2.32. The number of aliphatic hydroxyl groups is 1. The predicted octanol–water partition coefficient (Wildman–Crippen LogP) is 7.01. The zero-order valence-corrected chi connectivity index (χ0v) is 24.3. The van der Waals surface area contributed by atoms with Crippen LogP contribution in [0.3, 0.4) is 0 Å². The molecule has 1 aromatic heterocycles. The number of alkyl carbamates (subject to hydrolysis) is 1. The second kappa shape index (κ2) is 14.0. The Labute approximate surface area is 254 Å². The Bertz CT molecular complexity index is 1520. The van der Waals surface area contributed by atoms with Crippen molar-refractivity contribution in [1.82, 2.24) is 14.9 Å². The van der Waals surface area contributed by atoms with Crippen LogP contribution in [0, 0.1) is 0 Å². The highest BCUT2D eigenvalue weighted by molar-refractivity contribution is 6.40. The third-order valence-corrected chi connectivity index (χ3v) is 7.71. The third kappa shape index (κ3) is 7.40. The van der Waals surface area contributed by atoms with Crippen molar-refractivity contribution in [2.75, 3.05) is 6.61 Å². The molecule has 8 nitrogen and oxygen atoms in total. The molecule has 2 N–H and O–H groups in total. The number of ether oxygens (including phenoxy) is 3. The van der Waals surface area contributed by atoms with Crippen LogP contribution in [0.25, 0.3) is 11.1 Å². The quantitative estimate of drug-likeness (QED) is 0.188. The fourth-order valence-corrected chi connectivity index (χ4v) is 5.12. The molecule has 4 aromatic rings. The molecule has 0 spiro atoms. The molecular weight excluding hydrogens is 577 g/mol. The van der Waals surface area contributed by atoms with Gasteiger partial charge in [-0.3, -0.25) is 0 Å². The van der Waals surface area contributed by atoms with E-state index in [4.69, 9.17) is 37.4 Å². The number of halogens is 2. The summed E-state index contributed by atoms with van der Waals surface area (Å²) < 4.78 is 19.7. The highest BCUT2D eigenvalue weighted by atomic mass is 35.5. The van der Waals surface area contributed by atoms with Crippen molar-refractivity contribution in [3.63, 3.8) is 0 Å². The van der Waals surface area contributed by atoms with E-state index in [9.17, 15) is 9.90 Å². The average molecular weight is 609 g/mol. The van der Waals surface area contributed by atoms with Gasteiger partial charge in [-0.05, 0) is 39.9 Å². The number of imidazole rings is 1. The molecular formula is C32H31Cl2N3O5. The molecule has 3 atom stereocenters. The minimum Gasteiger partial charge on any atom is -0.445 e. The Hall–Kier alpha value is -3.66. The van der Waals surface area contributed by atoms with Gasteiger partial charge in [0.05, 0.1) is 31.7 Å². The summed E-state index contributed by atoms with van der Waals surface area (Å²) in [7, 11) is 0. The van der Waals surface area contributed by atoms with E-state index in [2.05, 4.69) is 16.9 Å². The Kier molecular flexibility index (Phi) is 9.94. The first-order chi connectivity index (χ1) is 20.4. The van der Waals surface area contributed by atoms with E-state index in [-0.39, 0.29) is 30.6 Å². The maximum absolute atomic E-state index is 11.8. The standard InChI is InChI=1S/C32H31Cl2N3O5/c1-2-13-40-32(39)35-17-22-5-3-6-24(14-22)25-7-4-8-26(15-25)31-41-27(18-37-20-36-29(33)30(37)34)16-28(42-31)23-11-9-21(19-38)10-12-23/h2-12,14-15,20,27-28,31,38H,1,13,16-19H2,(H,35,39)/t27-,28+,31+/m0/s1. The minimum absolute atomic E-state index is 0.0243. The van der Waals surface area contributed by atoms with Crippen molar-refractivity contribution in [1.29, 1.82) is 0 Å². The zero-order valence-electron chi connectivity index (χ0n) is 22.8. The highest BCUT2D eigenvalue weighted by Crippen LogP contribution is 2.39. The van der Waals surface area contributed by atoms with Crippen molar-refractivity contribution < 1.29 is 24.1 Å². The van der Waals surface area contributed by atoms with Gasteiger partial charge in [0, 0.05) is 18.5 Å². The van der Waals surface area contributed by atoms with Gasteiger partial charge in [0.15, 0.2) is 11.4 Å². The monoisotopic (exact) mass is 607 g/mol. The van der Waals surface area contributed by atoms with Crippen LogP contribution in [-0.4, -0.2) is 33.5 Å². The van der Waals surface area contributed by atoms with Crippen molar-refractivity contribution >= 4 is 29.3 Å². The van der Waals surface area contributed by atoms with Crippen LogP contribution in [0.2, 0.25) is 10.3 Å². The number of nitrogens with one attached hydrogen (secondary N) is 1. The summed E-state index contributed by atoms with van der Waals surface area (Å²) in [6.07, 6.45) is 2.07. The van der Waals surface area contributed by atoms with Crippen LogP contribution < -0.4 is 5.32 Å². The van der Waals surface area contributed by atoms with Crippen molar-refractivity contribution in [3.05, 3.63) is 124 Å². The topological polar surface area (TPSA) is 94.8 Å². The summed E-state index contributed by atoms with van der Waals surface area (Å²) in [4.78, 5) is 15.9. The summed E-state index contributed by atoms with van der Waals surface area (Å²) >= 11 is 12.4. The van der Waals surface area contributed by atoms with Gasteiger partial charge in [-0.1, -0.05) is 96.5 Å². The first-order valence-electron chi connectivity index (χ1n) is 13.5. The molecule has 1 fully saturated rings. The molecule has 10 heteroatoms. The van der Waals surface area contributed by atoms with Crippen LogP contribution in [0.1, 0.15) is 41.1 Å². The van der Waals surface area contributed by atoms with Crippen LogP contribution in [-0.2, 0) is 33.9 Å². The van der Waals surface area contributed by atoms with E-state index in [0.717, 1.165) is 33.4 Å². The predicted molar refractivity (Wildman–Crippen MR) is 161 cm³/mol. The van der Waals surface area contributed by atoms with E-state index in [1.807, 2.05) is 72.8 Å². The number of hydrogen-bond acceptors (Lipinski definition) is 6. The van der Waals surface area contributed by atoms with Gasteiger partial charge in [0.2, 0.25) is 0 Å². The smallest absolute Gasteiger partial charge is 0.407 e. The molecule has 2 heterocycles. The summed E-state index contributed by atoms with van der Waals surface area (Å²) in [5.41, 5.74) is 5.58. The molecule has 0 unspecified atom stereocenters. The molecule has 5 rings (SSSR count). The number of benzene rings is 3. The lowest BCUT2D eigenvalue weighted by atomic mass is 9.98. The molecule has 1 saturated heterocycles. The second-order valence-corrected chi connectivity index (χ2v) is 10.6. The fraction of sp³-hybridized carbons (Fsp3) is 0.250. The molecule has 42 heavy (non-hydrogen) atoms. The SMILES string of the molecule is C=CCOC(=O)NCc1cccc(-c2cccc([C@@H]3O[C@H](Cn4cnc(Cl)c4Cl)C[C@H](c4ccc(CO)cc4)O3)c2)c1. The van der Waals surface area contributed by atoms with E-state index in [1.54, 1.807) is 10.9 Å². The Balaban J connectivity index is 1.37. The van der Waals surface area contributed by atoms with E-state index < -0.39 is 12.4 Å². The van der Waals surface area contributed by atoms with Gasteiger partial charge < -0.3 is 29.2 Å². The number of nitrogens with zero attached hydrogens (tertiary/aromatic N) is 2. The van der Waals surface area contributed by atoms with Gasteiger partial charge in [-0.15, -0.1) is 0 Å². The minimum atomic E-state index is -0.645. The molecule has 3 aromatic carbocycles. The number of amides is 1. The Morgan fingerprint density at radius 1 is 1.05 bits per heavy atom. The summed E-state index contributed by atoms with van der Waals surface area (Å²) in [6, 6.07) is 23.7. The van der Waals surface area contributed by atoms with Crippen molar-refractivity contribution in [3.8, 4) is 11.1 Å². The second-order valence-electron chi connectivity index (χ2n) is 9.90. The normalized spacial score (nSPS) is 18.4. The van der Waals surface area contributed by atoms with Gasteiger partial charge in [0.1, 0.15) is 11.8 Å². The Morgan fingerprint density at radius 2 is 1.81 bits per heavy atom. The van der Waals surface area contributed by atoms with E-state index in [1.165, 1.54) is 6.08 Å². The van der Waals surface area contributed by atoms with Gasteiger partial charge in [0.25, 0.3) is 0 Å². The van der Waals surface area contributed by atoms with E-state index >= 15 is 0 Å². The van der Waals surface area contributed by atoms with Gasteiger partial charge >= 0.3 is 6.09 Å². The average Bonchev–Trinajstić information content (AvgIpc) is 3.35. The Morgan fingerprint density at radius 3 is 2.52 bits per heavy atom. The maximum atomic E-state index is 11.8. The largest absolute Gasteiger partial charge is 0.445 e. The van der Waals surface area contributed by atoms with Crippen LogP contribution in [0.4, 0.5) is 4.79 Å². The number of carbonyl (C=O) groups is 1. The van der Waals surface area contributed by atoms with Gasteiger partial charge in [-0.2, -0.15) is 0 Å². The van der Waals surface area contributed by atoms with Crippen LogP contribution in [0.15, 0.2) is 91.8 Å². The first-order valence-corrected chi connectivity index (χ1v) is 14.3. The number of hydrogen-bond donors (Lipinski definition) is 2. The molecule has 1 amide bonds. The fourth-order valence-electron chi connectivity index (χ4n) is 4.81. The molecule has 0 aliphatic carbocycles. The van der Waals surface area contributed by atoms with E-state index in [0.29, 0.717) is 24.7 Å². The highest BCUT2D eigenvalue weighted by Gasteiger charge is 2.33. The molecule has 0 radical (unpaired) electrons. The van der Waals surface area contributed by atoms with Crippen LogP contribution in [0.5, 0.6) is 0 Å². The number of aromatic nitrogens is 2. The maximum Gasteiger partial charge on any atom is 0.407 e. The lowest BCUT2D eigenvalue weighted by molar-refractivity contribution is -0.252. The van der Waals surface area contributed by atoms with Crippen LogP contribution >= 0.6 is 23.2 Å². The lowest BCUT2D eigenvalue weighted by Gasteiger charge is -2.36. The molecule has 0 saturated carbocycles. The molecule has 0 bridgehead atoms. The molecule has 218 valence electrons. The number of aliphatic hydroxyl groups excluding tert-OH is 1. The van der Waals surface area contributed by atoms with Crippen molar-refractivity contribution in [2.24, 2.45) is 0 Å². The third-order valence-electron chi connectivity index (χ3n) is 6.94.